The van der Waals surface area contributed by atoms with Crippen LogP contribution in [-0.2, 0) is 0 Å². The maximum absolute atomic E-state index is 12.3. The first-order chi connectivity index (χ1) is 14.7. The molecule has 0 fully saturated rings. The van der Waals surface area contributed by atoms with Crippen molar-refractivity contribution in [1.82, 2.24) is 14.5 Å². The number of carbonyl (C=O) groups is 1. The number of carbonyl (C=O) groups excluding carboxylic acids is 1. The lowest BCUT2D eigenvalue weighted by atomic mass is 10.1. The number of nitrogens with zero attached hydrogens (tertiary/aromatic N) is 3. The van der Waals surface area contributed by atoms with Crippen LogP contribution in [-0.4, -0.2) is 20.4 Å². The van der Waals surface area contributed by atoms with E-state index in [2.05, 4.69) is 51.0 Å². The highest BCUT2D eigenvalue weighted by Crippen LogP contribution is 2.33. The Bertz CT molecular complexity index is 1320. The maximum atomic E-state index is 12.3. The van der Waals surface area contributed by atoms with E-state index in [1.807, 2.05) is 35.8 Å². The minimum Gasteiger partial charge on any atom is -0.322 e. The van der Waals surface area contributed by atoms with Crippen LogP contribution in [0, 0.1) is 6.92 Å². The second-order valence-corrected chi connectivity index (χ2v) is 7.83. The molecule has 0 radical (unpaired) electrons. The van der Waals surface area contributed by atoms with Gasteiger partial charge in [-0.3, -0.25) is 9.78 Å². The third kappa shape index (κ3) is 3.27. The Hall–Kier alpha value is -3.77. The van der Waals surface area contributed by atoms with Crippen LogP contribution in [0.25, 0.3) is 27.2 Å². The molecular weight excluding hydrogens is 392 g/mol. The van der Waals surface area contributed by atoms with Crippen LogP contribution in [0.2, 0.25) is 0 Å². The average Bonchev–Trinajstić information content (AvgIpc) is 3.42. The van der Waals surface area contributed by atoms with Crippen LogP contribution in [0.1, 0.15) is 16.1 Å². The van der Waals surface area contributed by atoms with E-state index in [0.29, 0.717) is 5.56 Å². The zero-order valence-electron chi connectivity index (χ0n) is 16.2. The van der Waals surface area contributed by atoms with Crippen LogP contribution < -0.4 is 5.32 Å². The number of benzene rings is 2. The van der Waals surface area contributed by atoms with E-state index in [9.17, 15) is 4.79 Å². The van der Waals surface area contributed by atoms with E-state index in [-0.39, 0.29) is 5.91 Å². The summed E-state index contributed by atoms with van der Waals surface area (Å²) in [6, 6.07) is 19.9. The lowest BCUT2D eigenvalue weighted by molar-refractivity contribution is 0.102. The number of nitrogens with one attached hydrogen (secondary N) is 1. The van der Waals surface area contributed by atoms with E-state index in [1.54, 1.807) is 35.9 Å². The molecule has 5 aromatic rings. The number of hydrogen-bond acceptors (Lipinski definition) is 4. The van der Waals surface area contributed by atoms with Gasteiger partial charge in [0, 0.05) is 52.0 Å². The molecule has 0 spiro atoms. The van der Waals surface area contributed by atoms with Gasteiger partial charge in [0.25, 0.3) is 5.91 Å². The Kier molecular flexibility index (Phi) is 4.61. The summed E-state index contributed by atoms with van der Waals surface area (Å²) in [5.41, 5.74) is 5.73. The number of amides is 1. The zero-order valence-corrected chi connectivity index (χ0v) is 17.1. The smallest absolute Gasteiger partial charge is 0.257 e. The van der Waals surface area contributed by atoms with Gasteiger partial charge in [0.05, 0.1) is 11.1 Å². The fourth-order valence-corrected chi connectivity index (χ4v) is 4.32. The number of anilines is 1. The Labute approximate surface area is 177 Å². The lowest BCUT2D eigenvalue weighted by Crippen LogP contribution is -2.12. The van der Waals surface area contributed by atoms with Crippen LogP contribution in [0.5, 0.6) is 0 Å². The second-order valence-electron chi connectivity index (χ2n) is 6.94. The third-order valence-electron chi connectivity index (χ3n) is 5.00. The Morgan fingerprint density at radius 3 is 2.63 bits per heavy atom. The molecule has 0 aliphatic carbocycles. The van der Waals surface area contributed by atoms with Crippen molar-refractivity contribution in [2.75, 3.05) is 5.32 Å². The van der Waals surface area contributed by atoms with Crippen LogP contribution in [0.15, 0.2) is 84.6 Å². The van der Waals surface area contributed by atoms with Crippen molar-refractivity contribution in [3.63, 3.8) is 0 Å². The molecule has 0 bridgehead atoms. The predicted octanol–water partition coefficient (Wildman–Crippen LogP) is 5.71. The van der Waals surface area contributed by atoms with Gasteiger partial charge in [-0.05, 0) is 55.5 Å². The first-order valence-corrected chi connectivity index (χ1v) is 10.4. The van der Waals surface area contributed by atoms with Gasteiger partial charge in [-0.15, -0.1) is 11.3 Å². The molecule has 0 aliphatic heterocycles. The minimum atomic E-state index is -0.175. The molecular formula is C24H18N4OS. The van der Waals surface area contributed by atoms with Crippen LogP contribution in [0.3, 0.4) is 0 Å². The number of aryl methyl sites for hydroxylation is 1. The van der Waals surface area contributed by atoms with Crippen molar-refractivity contribution in [3.8, 4) is 16.3 Å². The van der Waals surface area contributed by atoms with Crippen molar-refractivity contribution in [1.29, 1.82) is 0 Å². The molecule has 0 unspecified atom stereocenters. The van der Waals surface area contributed by atoms with Crippen molar-refractivity contribution in [2.24, 2.45) is 0 Å². The fourth-order valence-electron chi connectivity index (χ4n) is 3.64. The molecule has 5 rings (SSSR count). The lowest BCUT2D eigenvalue weighted by Gasteiger charge is -2.11. The number of aromatic nitrogens is 3. The van der Waals surface area contributed by atoms with Crippen molar-refractivity contribution in [2.45, 2.75) is 6.92 Å². The Balaban J connectivity index is 1.48. The summed E-state index contributed by atoms with van der Waals surface area (Å²) in [5.74, 6) is -0.175. The van der Waals surface area contributed by atoms with E-state index in [4.69, 9.17) is 0 Å². The highest BCUT2D eigenvalue weighted by atomic mass is 32.1. The van der Waals surface area contributed by atoms with Gasteiger partial charge in [-0.1, -0.05) is 12.1 Å². The van der Waals surface area contributed by atoms with Gasteiger partial charge in [-0.2, -0.15) is 0 Å². The number of pyridine rings is 1. The Morgan fingerprint density at radius 1 is 1.03 bits per heavy atom. The first kappa shape index (κ1) is 18.3. The summed E-state index contributed by atoms with van der Waals surface area (Å²) in [7, 11) is 0. The standard InChI is InChI=1S/C24H18N4OS/c1-16-14-21-20(24-26-12-13-30-24)5-2-6-22(21)28(16)19-9-7-18(8-10-19)27-23(29)17-4-3-11-25-15-17/h2-15H,1H3,(H,27,29). The van der Waals surface area contributed by atoms with Crippen molar-refractivity contribution in [3.05, 3.63) is 95.9 Å². The molecule has 2 aromatic carbocycles. The van der Waals surface area contributed by atoms with Gasteiger partial charge in [0.2, 0.25) is 0 Å². The molecule has 0 aliphatic rings. The second kappa shape index (κ2) is 7.57. The summed E-state index contributed by atoms with van der Waals surface area (Å²) < 4.78 is 2.22. The molecule has 5 nitrogen and oxygen atoms in total. The first-order valence-electron chi connectivity index (χ1n) is 9.53. The van der Waals surface area contributed by atoms with E-state index in [1.165, 1.54) is 5.39 Å². The highest BCUT2D eigenvalue weighted by Gasteiger charge is 2.13. The molecule has 6 heteroatoms. The fraction of sp³-hybridized carbons (Fsp3) is 0.0417. The maximum Gasteiger partial charge on any atom is 0.257 e. The number of thiazole rings is 1. The monoisotopic (exact) mass is 410 g/mol. The minimum absolute atomic E-state index is 0.175. The molecule has 3 heterocycles. The SMILES string of the molecule is Cc1cc2c(-c3nccs3)cccc2n1-c1ccc(NC(=O)c2cccnc2)cc1. The molecule has 3 aromatic heterocycles. The van der Waals surface area contributed by atoms with Gasteiger partial charge < -0.3 is 9.88 Å². The zero-order chi connectivity index (χ0) is 20.5. The van der Waals surface area contributed by atoms with Gasteiger partial charge >= 0.3 is 0 Å². The number of fused-ring (bicyclic) bond motifs is 1. The molecule has 0 saturated carbocycles. The molecule has 1 amide bonds. The molecule has 30 heavy (non-hydrogen) atoms. The van der Waals surface area contributed by atoms with Crippen LogP contribution in [0.4, 0.5) is 5.69 Å². The number of rotatable bonds is 4. The van der Waals surface area contributed by atoms with Gasteiger partial charge in [0.1, 0.15) is 5.01 Å². The predicted molar refractivity (Wildman–Crippen MR) is 121 cm³/mol. The van der Waals surface area contributed by atoms with Crippen LogP contribution >= 0.6 is 11.3 Å². The highest BCUT2D eigenvalue weighted by molar-refractivity contribution is 7.13. The number of hydrogen-bond donors (Lipinski definition) is 1. The van der Waals surface area contributed by atoms with Gasteiger partial charge in [-0.25, -0.2) is 4.98 Å². The average molecular weight is 411 g/mol. The quantitative estimate of drug-likeness (QED) is 0.413. The summed E-state index contributed by atoms with van der Waals surface area (Å²) in [5, 5.41) is 7.11. The molecule has 0 atom stereocenters. The topological polar surface area (TPSA) is 59.8 Å². The van der Waals surface area contributed by atoms with Gasteiger partial charge in [0.15, 0.2) is 0 Å². The summed E-state index contributed by atoms with van der Waals surface area (Å²) >= 11 is 1.64. The van der Waals surface area contributed by atoms with E-state index >= 15 is 0 Å². The van der Waals surface area contributed by atoms with Crippen molar-refractivity contribution >= 4 is 33.8 Å². The van der Waals surface area contributed by atoms with Crippen molar-refractivity contribution < 1.29 is 4.79 Å². The summed E-state index contributed by atoms with van der Waals surface area (Å²) in [6.07, 6.45) is 5.04. The molecule has 1 N–H and O–H groups in total. The Morgan fingerprint density at radius 2 is 1.90 bits per heavy atom. The molecule has 0 saturated heterocycles. The third-order valence-corrected chi connectivity index (χ3v) is 5.81. The summed E-state index contributed by atoms with van der Waals surface area (Å²) in [4.78, 5) is 20.8. The largest absolute Gasteiger partial charge is 0.322 e. The normalized spacial score (nSPS) is 11.0. The molecule has 146 valence electrons. The van der Waals surface area contributed by atoms with E-state index < -0.39 is 0 Å². The summed E-state index contributed by atoms with van der Waals surface area (Å²) in [6.45, 7) is 2.10. The van der Waals surface area contributed by atoms with E-state index in [0.717, 1.165) is 33.2 Å².